The van der Waals surface area contributed by atoms with Crippen molar-refractivity contribution < 1.29 is 4.79 Å². The highest BCUT2D eigenvalue weighted by Crippen LogP contribution is 2.24. The Balaban J connectivity index is 1.96. The Kier molecular flexibility index (Phi) is 4.84. The Labute approximate surface area is 122 Å². The third kappa shape index (κ3) is 3.05. The number of rotatable bonds is 5. The van der Waals surface area contributed by atoms with Crippen LogP contribution in [0, 0.1) is 13.8 Å². The number of amides is 1. The normalized spacial score (nSPS) is 15.8. The van der Waals surface area contributed by atoms with Crippen LogP contribution >= 0.6 is 0 Å². The fourth-order valence-electron chi connectivity index (χ4n) is 3.41. The van der Waals surface area contributed by atoms with Gasteiger partial charge in [0.05, 0.1) is 5.69 Å². The van der Waals surface area contributed by atoms with E-state index in [-0.39, 0.29) is 0 Å². The Morgan fingerprint density at radius 1 is 1.35 bits per heavy atom. The molecule has 1 heterocycles. The summed E-state index contributed by atoms with van der Waals surface area (Å²) in [7, 11) is 1.96. The van der Waals surface area contributed by atoms with Crippen molar-refractivity contribution in [3.63, 3.8) is 0 Å². The largest absolute Gasteiger partial charge is 0.340 e. The van der Waals surface area contributed by atoms with Crippen molar-refractivity contribution in [3.05, 3.63) is 17.0 Å². The molecule has 1 amide bonds. The first-order valence-electron chi connectivity index (χ1n) is 7.83. The quantitative estimate of drug-likeness (QED) is 0.830. The number of hydrogen-bond acceptors (Lipinski definition) is 2. The molecule has 1 aliphatic carbocycles. The molecule has 0 unspecified atom stereocenters. The van der Waals surface area contributed by atoms with E-state index in [2.05, 4.69) is 23.8 Å². The van der Waals surface area contributed by atoms with Gasteiger partial charge in [0.1, 0.15) is 0 Å². The van der Waals surface area contributed by atoms with Crippen molar-refractivity contribution in [2.45, 2.75) is 65.3 Å². The van der Waals surface area contributed by atoms with Gasteiger partial charge in [-0.15, -0.1) is 0 Å². The van der Waals surface area contributed by atoms with Crippen molar-refractivity contribution in [2.24, 2.45) is 7.05 Å². The molecule has 1 saturated carbocycles. The first kappa shape index (κ1) is 15.1. The van der Waals surface area contributed by atoms with Gasteiger partial charge in [0.25, 0.3) is 0 Å². The molecule has 0 saturated heterocycles. The maximum absolute atomic E-state index is 12.5. The molecular formula is C16H27N3O. The third-order valence-corrected chi connectivity index (χ3v) is 4.67. The van der Waals surface area contributed by atoms with E-state index in [9.17, 15) is 4.79 Å². The predicted molar refractivity (Wildman–Crippen MR) is 80.6 cm³/mol. The number of carbonyl (C=O) groups is 1. The van der Waals surface area contributed by atoms with Crippen LogP contribution in [0.3, 0.4) is 0 Å². The lowest BCUT2D eigenvalue weighted by Crippen LogP contribution is -2.38. The highest BCUT2D eigenvalue weighted by Gasteiger charge is 2.25. The summed E-state index contributed by atoms with van der Waals surface area (Å²) in [5.74, 6) is 0.307. The first-order valence-corrected chi connectivity index (χ1v) is 7.83. The van der Waals surface area contributed by atoms with Crippen LogP contribution < -0.4 is 0 Å². The lowest BCUT2D eigenvalue weighted by molar-refractivity contribution is -0.133. The van der Waals surface area contributed by atoms with E-state index in [4.69, 9.17) is 0 Å². The van der Waals surface area contributed by atoms with Crippen molar-refractivity contribution in [1.29, 1.82) is 0 Å². The topological polar surface area (TPSA) is 38.1 Å². The molecule has 1 aromatic heterocycles. The minimum absolute atomic E-state index is 0.307. The highest BCUT2D eigenvalue weighted by molar-refractivity contribution is 5.76. The first-order chi connectivity index (χ1) is 9.54. The van der Waals surface area contributed by atoms with Crippen LogP contribution in [0.1, 0.15) is 56.0 Å². The van der Waals surface area contributed by atoms with Gasteiger partial charge in [-0.05, 0) is 45.6 Å². The van der Waals surface area contributed by atoms with Crippen LogP contribution in [0.25, 0.3) is 0 Å². The minimum atomic E-state index is 0.307. The molecule has 20 heavy (non-hydrogen) atoms. The number of aryl methyl sites for hydroxylation is 2. The fraction of sp³-hybridized carbons (Fsp3) is 0.750. The van der Waals surface area contributed by atoms with E-state index in [0.717, 1.165) is 18.7 Å². The van der Waals surface area contributed by atoms with Crippen LogP contribution in [0.2, 0.25) is 0 Å². The zero-order valence-corrected chi connectivity index (χ0v) is 13.3. The van der Waals surface area contributed by atoms with Gasteiger partial charge in [-0.2, -0.15) is 5.10 Å². The van der Waals surface area contributed by atoms with Gasteiger partial charge in [-0.25, -0.2) is 0 Å². The van der Waals surface area contributed by atoms with Crippen LogP contribution in [0.15, 0.2) is 0 Å². The summed E-state index contributed by atoms with van der Waals surface area (Å²) in [6.45, 7) is 7.04. The summed E-state index contributed by atoms with van der Waals surface area (Å²) in [5.41, 5.74) is 3.48. The molecule has 1 aromatic rings. The summed E-state index contributed by atoms with van der Waals surface area (Å²) in [5, 5.41) is 4.42. The highest BCUT2D eigenvalue weighted by atomic mass is 16.2. The molecular weight excluding hydrogens is 250 g/mol. The van der Waals surface area contributed by atoms with Crippen molar-refractivity contribution in [3.8, 4) is 0 Å². The lowest BCUT2D eigenvalue weighted by atomic mass is 10.1. The molecule has 0 aliphatic heterocycles. The Bertz CT molecular complexity index is 472. The molecule has 2 rings (SSSR count). The second-order valence-corrected chi connectivity index (χ2v) is 5.89. The van der Waals surface area contributed by atoms with Gasteiger partial charge in [0.2, 0.25) is 5.91 Å². The van der Waals surface area contributed by atoms with Crippen LogP contribution in [-0.2, 0) is 18.3 Å². The molecule has 1 fully saturated rings. The number of carbonyl (C=O) groups excluding carboxylic acids is 1. The molecule has 0 N–H and O–H groups in total. The van der Waals surface area contributed by atoms with Crippen molar-refractivity contribution in [1.82, 2.24) is 14.7 Å². The Morgan fingerprint density at radius 3 is 2.50 bits per heavy atom. The summed E-state index contributed by atoms with van der Waals surface area (Å²) in [6.07, 6.45) is 6.34. The molecule has 0 atom stereocenters. The van der Waals surface area contributed by atoms with E-state index in [1.807, 2.05) is 18.7 Å². The number of hydrogen-bond donors (Lipinski definition) is 0. The van der Waals surface area contributed by atoms with Gasteiger partial charge in [0, 0.05) is 31.7 Å². The van der Waals surface area contributed by atoms with Gasteiger partial charge in [-0.1, -0.05) is 12.8 Å². The monoisotopic (exact) mass is 277 g/mol. The second kappa shape index (κ2) is 6.42. The van der Waals surface area contributed by atoms with Gasteiger partial charge in [0.15, 0.2) is 0 Å². The zero-order valence-electron chi connectivity index (χ0n) is 13.3. The molecule has 1 aliphatic rings. The fourth-order valence-corrected chi connectivity index (χ4v) is 3.41. The molecule has 0 bridgehead atoms. The standard InChI is InChI=1S/C16H27N3O/c1-5-19(14-8-6-7-9-14)16(20)11-10-15-12(2)17-18(4)13(15)3/h14H,5-11H2,1-4H3. The van der Waals surface area contributed by atoms with Crippen molar-refractivity contribution >= 4 is 5.91 Å². The van der Waals surface area contributed by atoms with Crippen molar-refractivity contribution in [2.75, 3.05) is 6.54 Å². The number of aromatic nitrogens is 2. The maximum Gasteiger partial charge on any atom is 0.223 e. The van der Waals surface area contributed by atoms with E-state index >= 15 is 0 Å². The van der Waals surface area contributed by atoms with Crippen LogP contribution in [0.5, 0.6) is 0 Å². The lowest BCUT2D eigenvalue weighted by Gasteiger charge is -2.27. The van der Waals surface area contributed by atoms with Crippen LogP contribution in [-0.4, -0.2) is 33.2 Å². The van der Waals surface area contributed by atoms with E-state index in [1.165, 1.54) is 36.9 Å². The summed E-state index contributed by atoms with van der Waals surface area (Å²) < 4.78 is 1.91. The maximum atomic E-state index is 12.5. The summed E-state index contributed by atoms with van der Waals surface area (Å²) in [6, 6.07) is 0.489. The average molecular weight is 277 g/mol. The zero-order chi connectivity index (χ0) is 14.7. The van der Waals surface area contributed by atoms with E-state index < -0.39 is 0 Å². The molecule has 0 radical (unpaired) electrons. The van der Waals surface area contributed by atoms with Gasteiger partial charge >= 0.3 is 0 Å². The predicted octanol–water partition coefficient (Wildman–Crippen LogP) is 2.76. The van der Waals surface area contributed by atoms with Gasteiger partial charge in [-0.3, -0.25) is 9.48 Å². The summed E-state index contributed by atoms with van der Waals surface area (Å²) in [4.78, 5) is 14.6. The molecule has 112 valence electrons. The van der Waals surface area contributed by atoms with Crippen LogP contribution in [0.4, 0.5) is 0 Å². The Morgan fingerprint density at radius 2 is 2.00 bits per heavy atom. The molecule has 0 aromatic carbocycles. The number of nitrogens with zero attached hydrogens (tertiary/aromatic N) is 3. The smallest absolute Gasteiger partial charge is 0.223 e. The molecule has 4 nitrogen and oxygen atoms in total. The molecule has 4 heteroatoms. The molecule has 0 spiro atoms. The summed E-state index contributed by atoms with van der Waals surface area (Å²) >= 11 is 0. The van der Waals surface area contributed by atoms with Gasteiger partial charge < -0.3 is 4.90 Å². The van der Waals surface area contributed by atoms with E-state index in [0.29, 0.717) is 18.4 Å². The second-order valence-electron chi connectivity index (χ2n) is 5.89. The third-order valence-electron chi connectivity index (χ3n) is 4.67. The van der Waals surface area contributed by atoms with E-state index in [1.54, 1.807) is 0 Å². The average Bonchev–Trinajstić information content (AvgIpc) is 3.00. The minimum Gasteiger partial charge on any atom is -0.340 e. The SMILES string of the molecule is CCN(C(=O)CCc1c(C)nn(C)c1C)C1CCCC1. The Hall–Kier alpha value is -1.32.